The van der Waals surface area contributed by atoms with Crippen LogP contribution in [0.4, 0.5) is 0 Å². The molecule has 1 heterocycles. The molecule has 2 unspecified atom stereocenters. The van der Waals surface area contributed by atoms with Gasteiger partial charge in [-0.2, -0.15) is 0 Å². The van der Waals surface area contributed by atoms with Gasteiger partial charge < -0.3 is 15.0 Å². The fraction of sp³-hybridized carbons (Fsp3) is 0.667. The average molecular weight is 255 g/mol. The van der Waals surface area contributed by atoms with E-state index in [0.29, 0.717) is 12.1 Å². The van der Waals surface area contributed by atoms with Crippen LogP contribution in [0.2, 0.25) is 0 Å². The smallest absolute Gasteiger partial charge is 0.330 e. The molecule has 2 N–H and O–H groups in total. The van der Waals surface area contributed by atoms with Crippen LogP contribution in [-0.2, 0) is 20.6 Å². The summed E-state index contributed by atoms with van der Waals surface area (Å²) >= 11 is 0. The summed E-state index contributed by atoms with van der Waals surface area (Å²) in [6, 6.07) is 0.0944. The Labute approximate surface area is 106 Å². The van der Waals surface area contributed by atoms with Crippen LogP contribution < -0.4 is 16.6 Å². The van der Waals surface area contributed by atoms with Crippen molar-refractivity contribution in [1.82, 2.24) is 14.5 Å². The molecule has 102 valence electrons. The van der Waals surface area contributed by atoms with Crippen LogP contribution in [0.25, 0.3) is 0 Å². The molecule has 0 saturated carbocycles. The molecule has 0 saturated heterocycles. The average Bonchev–Trinajstić information content (AvgIpc) is 2.37. The second kappa shape index (κ2) is 5.97. The highest BCUT2D eigenvalue weighted by atomic mass is 16.3. The SMILES string of the molecule is CC(CO)C(C)NCc1cn(C)c(=O)n(C)c1=O. The summed E-state index contributed by atoms with van der Waals surface area (Å²) in [6.07, 6.45) is 1.55. The number of hydrogen-bond donors (Lipinski definition) is 2. The summed E-state index contributed by atoms with van der Waals surface area (Å²) in [5.41, 5.74) is -0.0773. The van der Waals surface area contributed by atoms with E-state index in [0.717, 1.165) is 4.57 Å². The van der Waals surface area contributed by atoms with Crippen molar-refractivity contribution in [2.24, 2.45) is 20.0 Å². The highest BCUT2D eigenvalue weighted by Crippen LogP contribution is 2.01. The number of aryl methyl sites for hydroxylation is 1. The predicted octanol–water partition coefficient (Wildman–Crippen LogP) is -0.809. The largest absolute Gasteiger partial charge is 0.396 e. The first-order chi connectivity index (χ1) is 8.38. The second-order valence-corrected chi connectivity index (χ2v) is 4.74. The number of hydrogen-bond acceptors (Lipinski definition) is 4. The molecule has 0 radical (unpaired) electrons. The van der Waals surface area contributed by atoms with Crippen LogP contribution in [0.15, 0.2) is 15.8 Å². The van der Waals surface area contributed by atoms with Gasteiger partial charge in [-0.15, -0.1) is 0 Å². The maximum atomic E-state index is 11.9. The number of aromatic nitrogens is 2. The summed E-state index contributed by atoms with van der Waals surface area (Å²) in [4.78, 5) is 23.4. The molecule has 0 aliphatic heterocycles. The maximum Gasteiger partial charge on any atom is 0.330 e. The Hall–Kier alpha value is -1.40. The van der Waals surface area contributed by atoms with Gasteiger partial charge >= 0.3 is 5.69 Å². The lowest BCUT2D eigenvalue weighted by Crippen LogP contribution is -2.41. The molecule has 2 atom stereocenters. The Kier molecular flexibility index (Phi) is 4.86. The first-order valence-electron chi connectivity index (χ1n) is 5.98. The minimum Gasteiger partial charge on any atom is -0.396 e. The summed E-state index contributed by atoms with van der Waals surface area (Å²) in [7, 11) is 3.08. The standard InChI is InChI=1S/C12H21N3O3/c1-8(7-16)9(2)13-5-10-6-14(3)12(18)15(4)11(10)17/h6,8-9,13,16H,5,7H2,1-4H3. The van der Waals surface area contributed by atoms with Gasteiger partial charge in [0.15, 0.2) is 0 Å². The van der Waals surface area contributed by atoms with Crippen molar-refractivity contribution >= 4 is 0 Å². The summed E-state index contributed by atoms with van der Waals surface area (Å²) in [6.45, 7) is 4.36. The lowest BCUT2D eigenvalue weighted by atomic mass is 10.1. The Bertz CT molecular complexity index is 518. The molecule has 1 aromatic heterocycles. The van der Waals surface area contributed by atoms with Gasteiger partial charge in [-0.1, -0.05) is 6.92 Å². The molecule has 1 aromatic rings. The molecule has 0 bridgehead atoms. The van der Waals surface area contributed by atoms with Crippen molar-refractivity contribution in [3.63, 3.8) is 0 Å². The van der Waals surface area contributed by atoms with Gasteiger partial charge in [-0.25, -0.2) is 4.79 Å². The molecule has 0 aliphatic carbocycles. The Morgan fingerprint density at radius 3 is 2.50 bits per heavy atom. The topological polar surface area (TPSA) is 76.3 Å². The minimum absolute atomic E-state index is 0.0944. The summed E-state index contributed by atoms with van der Waals surface area (Å²) < 4.78 is 2.48. The normalized spacial score (nSPS) is 14.5. The molecule has 6 nitrogen and oxygen atoms in total. The van der Waals surface area contributed by atoms with Gasteiger partial charge in [0, 0.05) is 45.0 Å². The van der Waals surface area contributed by atoms with Crippen molar-refractivity contribution in [1.29, 1.82) is 0 Å². The van der Waals surface area contributed by atoms with Gasteiger partial charge in [0.2, 0.25) is 0 Å². The van der Waals surface area contributed by atoms with Crippen molar-refractivity contribution in [3.8, 4) is 0 Å². The van der Waals surface area contributed by atoms with Crippen molar-refractivity contribution in [2.45, 2.75) is 26.4 Å². The van der Waals surface area contributed by atoms with Gasteiger partial charge in [-0.3, -0.25) is 9.36 Å². The first kappa shape index (κ1) is 14.7. The number of aliphatic hydroxyl groups is 1. The zero-order valence-electron chi connectivity index (χ0n) is 11.3. The molecule has 0 spiro atoms. The molecule has 0 aromatic carbocycles. The second-order valence-electron chi connectivity index (χ2n) is 4.74. The van der Waals surface area contributed by atoms with Crippen molar-refractivity contribution in [3.05, 3.63) is 32.6 Å². The highest BCUT2D eigenvalue weighted by Gasteiger charge is 2.12. The molecule has 0 amide bonds. The van der Waals surface area contributed by atoms with Crippen LogP contribution in [0.1, 0.15) is 19.4 Å². The Balaban J connectivity index is 2.87. The van der Waals surface area contributed by atoms with Gasteiger partial charge in [0.1, 0.15) is 0 Å². The lowest BCUT2D eigenvalue weighted by Gasteiger charge is -2.19. The molecular formula is C12H21N3O3. The van der Waals surface area contributed by atoms with Gasteiger partial charge in [0.25, 0.3) is 5.56 Å². The highest BCUT2D eigenvalue weighted by molar-refractivity contribution is 5.05. The fourth-order valence-electron chi connectivity index (χ4n) is 1.63. The van der Waals surface area contributed by atoms with Gasteiger partial charge in [-0.05, 0) is 12.8 Å². The predicted molar refractivity (Wildman–Crippen MR) is 69.5 cm³/mol. The van der Waals surface area contributed by atoms with E-state index in [-0.39, 0.29) is 29.8 Å². The lowest BCUT2D eigenvalue weighted by molar-refractivity contribution is 0.207. The molecule has 18 heavy (non-hydrogen) atoms. The van der Waals surface area contributed by atoms with Crippen molar-refractivity contribution < 1.29 is 5.11 Å². The van der Waals surface area contributed by atoms with Crippen LogP contribution >= 0.6 is 0 Å². The van der Waals surface area contributed by atoms with E-state index in [4.69, 9.17) is 5.11 Å². The molecule has 1 rings (SSSR count). The number of nitrogens with zero attached hydrogens (tertiary/aromatic N) is 2. The van der Waals surface area contributed by atoms with E-state index in [9.17, 15) is 9.59 Å². The first-order valence-corrected chi connectivity index (χ1v) is 5.98. The zero-order valence-corrected chi connectivity index (χ0v) is 11.3. The van der Waals surface area contributed by atoms with E-state index in [1.165, 1.54) is 11.6 Å². The number of rotatable bonds is 5. The quantitative estimate of drug-likeness (QED) is 0.721. The maximum absolute atomic E-state index is 11.9. The molecule has 0 fully saturated rings. The van der Waals surface area contributed by atoms with E-state index in [1.54, 1.807) is 13.2 Å². The number of nitrogens with one attached hydrogen (secondary N) is 1. The third-order valence-electron chi connectivity index (χ3n) is 3.27. The summed E-state index contributed by atoms with van der Waals surface area (Å²) in [5.74, 6) is 0.112. The molecular weight excluding hydrogens is 234 g/mol. The fourth-order valence-corrected chi connectivity index (χ4v) is 1.63. The minimum atomic E-state index is -0.333. The van der Waals surface area contributed by atoms with Crippen LogP contribution in [0.5, 0.6) is 0 Å². The molecule has 6 heteroatoms. The monoisotopic (exact) mass is 255 g/mol. The Morgan fingerprint density at radius 2 is 1.94 bits per heavy atom. The van der Waals surface area contributed by atoms with Crippen LogP contribution in [0.3, 0.4) is 0 Å². The van der Waals surface area contributed by atoms with E-state index < -0.39 is 0 Å². The van der Waals surface area contributed by atoms with Gasteiger partial charge in [0.05, 0.1) is 0 Å². The van der Waals surface area contributed by atoms with E-state index in [2.05, 4.69) is 5.32 Å². The number of aliphatic hydroxyl groups excluding tert-OH is 1. The third kappa shape index (κ3) is 3.08. The molecule has 0 aliphatic rings. The van der Waals surface area contributed by atoms with Crippen molar-refractivity contribution in [2.75, 3.05) is 6.61 Å². The van der Waals surface area contributed by atoms with Crippen LogP contribution in [-0.4, -0.2) is 26.9 Å². The summed E-state index contributed by atoms with van der Waals surface area (Å²) in [5, 5.41) is 12.2. The van der Waals surface area contributed by atoms with Crippen LogP contribution in [0, 0.1) is 5.92 Å². The van der Waals surface area contributed by atoms with E-state index in [1.807, 2.05) is 13.8 Å². The van der Waals surface area contributed by atoms with E-state index >= 15 is 0 Å². The third-order valence-corrected chi connectivity index (χ3v) is 3.27. The Morgan fingerprint density at radius 1 is 1.33 bits per heavy atom. The zero-order chi connectivity index (χ0) is 13.9.